The smallest absolute Gasteiger partial charge is 0.192 e. The van der Waals surface area contributed by atoms with Crippen LogP contribution in [-0.2, 0) is 29.7 Å². The Balaban J connectivity index is 1.94. The number of methoxy groups -OCH3 is 1. The maximum Gasteiger partial charge on any atom is 0.192 e. The fourth-order valence-electron chi connectivity index (χ4n) is 5.10. The molecular weight excluding hydrogens is 601 g/mol. The first kappa shape index (κ1) is 40.1. The monoisotopic (exact) mass is 666 g/mol. The summed E-state index contributed by atoms with van der Waals surface area (Å²) in [6, 6.07) is 7.71. The van der Waals surface area contributed by atoms with Crippen LogP contribution >= 0.6 is 0 Å². The van der Waals surface area contributed by atoms with Gasteiger partial charge in [0, 0.05) is 25.0 Å². The van der Waals surface area contributed by atoms with E-state index in [1.54, 1.807) is 7.11 Å². The molecule has 7 nitrogen and oxygen atoms in total. The average Bonchev–Trinajstić information content (AvgIpc) is 2.92. The molecule has 0 amide bonds. The highest BCUT2D eigenvalue weighted by atomic mass is 28.4. The van der Waals surface area contributed by atoms with E-state index in [0.717, 1.165) is 50.0 Å². The third-order valence-electron chi connectivity index (χ3n) is 10.3. The molecule has 0 radical (unpaired) electrons. The first-order valence-electron chi connectivity index (χ1n) is 17.1. The van der Waals surface area contributed by atoms with E-state index in [4.69, 9.17) is 23.1 Å². The first-order valence-corrected chi connectivity index (χ1v) is 22.9. The third-order valence-corrected chi connectivity index (χ3v) is 19.3. The Bertz CT molecular complexity index is 1010. The number of ether oxygens (including phenoxy) is 3. The Kier molecular flexibility index (Phi) is 15.5. The number of carbonyl (C=O) groups excluding carboxylic acids is 1. The van der Waals surface area contributed by atoms with Gasteiger partial charge in [-0.25, -0.2) is 0 Å². The van der Waals surface area contributed by atoms with E-state index in [-0.39, 0.29) is 46.5 Å². The number of aliphatic hydroxyl groups is 1. The summed E-state index contributed by atoms with van der Waals surface area (Å²) in [5, 5.41) is 11.4. The topological polar surface area (TPSA) is 83.5 Å². The maximum atomic E-state index is 13.0. The van der Waals surface area contributed by atoms with Crippen LogP contribution in [0.1, 0.15) is 99.0 Å². The van der Waals surface area contributed by atoms with Gasteiger partial charge in [0.25, 0.3) is 0 Å². The summed E-state index contributed by atoms with van der Waals surface area (Å²) in [6.07, 6.45) is 4.68. The van der Waals surface area contributed by atoms with Crippen molar-refractivity contribution in [2.45, 2.75) is 161 Å². The molecule has 1 fully saturated rings. The van der Waals surface area contributed by atoms with Crippen molar-refractivity contribution >= 4 is 22.4 Å². The van der Waals surface area contributed by atoms with Crippen molar-refractivity contribution in [3.8, 4) is 5.75 Å². The fraction of sp³-hybridized carbons (Fsp3) is 0.806. The second-order valence-electron chi connectivity index (χ2n) is 16.3. The van der Waals surface area contributed by atoms with Crippen LogP contribution in [-0.4, -0.2) is 72.3 Å². The van der Waals surface area contributed by atoms with E-state index in [1.807, 2.05) is 31.2 Å². The first-order chi connectivity index (χ1) is 20.7. The SMILES string of the molecule is COc1ccc(COC[C@H](C)C(=O)C[C@@H](O)C[C@@H](C[C@@H]2CCC[C@H](CCO[Si](C)(C)C(C)(C)C)O2)O[Si](C)(C)C(C)(C)C)cc1. The molecule has 1 aliphatic rings. The Morgan fingerprint density at radius 2 is 1.58 bits per heavy atom. The van der Waals surface area contributed by atoms with Gasteiger partial charge in [0.05, 0.1) is 38.6 Å². The molecule has 5 atom stereocenters. The lowest BCUT2D eigenvalue weighted by atomic mass is 9.94. The molecule has 0 spiro atoms. The van der Waals surface area contributed by atoms with Gasteiger partial charge in [-0.05, 0) is 92.5 Å². The van der Waals surface area contributed by atoms with Crippen LogP contribution in [0.25, 0.3) is 0 Å². The van der Waals surface area contributed by atoms with Gasteiger partial charge in [-0.2, -0.15) is 0 Å². The fourth-order valence-corrected chi connectivity index (χ4v) is 7.54. The zero-order valence-electron chi connectivity index (χ0n) is 30.7. The third kappa shape index (κ3) is 13.5. The number of benzene rings is 1. The van der Waals surface area contributed by atoms with Crippen molar-refractivity contribution in [1.82, 2.24) is 0 Å². The largest absolute Gasteiger partial charge is 0.497 e. The number of Topliss-reactive ketones (excluding diaryl/α,β-unsaturated/α-hetero) is 1. The minimum atomic E-state index is -2.11. The number of aliphatic hydroxyl groups excluding tert-OH is 1. The van der Waals surface area contributed by atoms with Crippen molar-refractivity contribution < 1.29 is 33.0 Å². The Morgan fingerprint density at radius 1 is 0.978 bits per heavy atom. The van der Waals surface area contributed by atoms with Gasteiger partial charge >= 0.3 is 0 Å². The molecule has 1 N–H and O–H groups in total. The van der Waals surface area contributed by atoms with Crippen molar-refractivity contribution in [2.24, 2.45) is 5.92 Å². The second kappa shape index (κ2) is 17.4. The minimum Gasteiger partial charge on any atom is -0.497 e. The van der Waals surface area contributed by atoms with Crippen LogP contribution in [0.2, 0.25) is 36.3 Å². The number of hydrogen-bond acceptors (Lipinski definition) is 7. The minimum absolute atomic E-state index is 0.0130. The summed E-state index contributed by atoms with van der Waals surface area (Å²) in [5.41, 5.74) is 1.02. The van der Waals surface area contributed by atoms with Crippen molar-refractivity contribution in [2.75, 3.05) is 20.3 Å². The lowest BCUT2D eigenvalue weighted by Crippen LogP contribution is -2.46. The zero-order valence-corrected chi connectivity index (χ0v) is 32.7. The van der Waals surface area contributed by atoms with E-state index < -0.39 is 22.7 Å². The lowest BCUT2D eigenvalue weighted by Gasteiger charge is -2.41. The van der Waals surface area contributed by atoms with E-state index in [9.17, 15) is 9.90 Å². The zero-order chi connectivity index (χ0) is 34.1. The number of hydrogen-bond donors (Lipinski definition) is 1. The maximum absolute atomic E-state index is 13.0. The van der Waals surface area contributed by atoms with Gasteiger partial charge in [0.15, 0.2) is 16.6 Å². The predicted octanol–water partition coefficient (Wildman–Crippen LogP) is 8.69. The van der Waals surface area contributed by atoms with Crippen LogP contribution in [0.5, 0.6) is 5.75 Å². The molecule has 1 aliphatic heterocycles. The van der Waals surface area contributed by atoms with Crippen LogP contribution in [0, 0.1) is 5.92 Å². The number of carbonyl (C=O) groups is 1. The van der Waals surface area contributed by atoms with Gasteiger partial charge in [0.2, 0.25) is 0 Å². The molecule has 1 aromatic rings. The van der Waals surface area contributed by atoms with Gasteiger partial charge in [0.1, 0.15) is 11.5 Å². The Hall–Kier alpha value is -1.08. The highest BCUT2D eigenvalue weighted by Crippen LogP contribution is 2.39. The summed E-state index contributed by atoms with van der Waals surface area (Å²) in [7, 11) is -2.25. The van der Waals surface area contributed by atoms with Crippen LogP contribution in [0.4, 0.5) is 0 Å². The molecule has 0 aliphatic carbocycles. The Morgan fingerprint density at radius 3 is 2.16 bits per heavy atom. The van der Waals surface area contributed by atoms with Crippen LogP contribution in [0.3, 0.4) is 0 Å². The molecule has 0 unspecified atom stereocenters. The normalized spacial score (nSPS) is 20.5. The molecule has 0 aromatic heterocycles. The van der Waals surface area contributed by atoms with Crippen LogP contribution < -0.4 is 4.74 Å². The standard InChI is InChI=1S/C36H66O7Si2/c1-27(25-40-26-28-16-18-30(39-8)19-17-28)34(38)23-29(37)22-33(43-45(11,12)36(5,6)7)24-32-15-13-14-31(42-32)20-21-41-44(9,10)35(2,3)4/h16-19,27,29,31-33,37H,13-15,20-26H2,1-12H3/t27-,29-,31+,32-,33-/m0/s1. The van der Waals surface area contributed by atoms with Crippen LogP contribution in [0.15, 0.2) is 24.3 Å². The highest BCUT2D eigenvalue weighted by molar-refractivity contribution is 6.74. The summed E-state index contributed by atoms with van der Waals surface area (Å²) in [5.74, 6) is 0.515. The summed E-state index contributed by atoms with van der Waals surface area (Å²) in [4.78, 5) is 13.0. The van der Waals surface area contributed by atoms with E-state index in [0.29, 0.717) is 19.6 Å². The van der Waals surface area contributed by atoms with Crippen molar-refractivity contribution in [3.63, 3.8) is 0 Å². The number of rotatable bonds is 18. The lowest BCUT2D eigenvalue weighted by molar-refractivity contribution is -0.126. The quantitative estimate of drug-likeness (QED) is 0.157. The molecule has 2 rings (SSSR count). The molecule has 0 saturated carbocycles. The number of ketones is 1. The van der Waals surface area contributed by atoms with E-state index >= 15 is 0 Å². The molecule has 1 heterocycles. The molecule has 45 heavy (non-hydrogen) atoms. The average molecular weight is 667 g/mol. The van der Waals surface area contributed by atoms with E-state index in [1.165, 1.54) is 0 Å². The van der Waals surface area contributed by atoms with Gasteiger partial charge in [-0.3, -0.25) is 4.79 Å². The van der Waals surface area contributed by atoms with Gasteiger partial charge in [-0.1, -0.05) is 60.6 Å². The van der Waals surface area contributed by atoms with Gasteiger partial charge in [-0.15, -0.1) is 0 Å². The predicted molar refractivity (Wildman–Crippen MR) is 189 cm³/mol. The molecule has 260 valence electrons. The molecule has 1 aromatic carbocycles. The molecule has 9 heteroatoms. The molecule has 0 bridgehead atoms. The summed E-state index contributed by atoms with van der Waals surface area (Å²) in [6.45, 7) is 26.0. The second-order valence-corrected chi connectivity index (χ2v) is 25.8. The summed E-state index contributed by atoms with van der Waals surface area (Å²) < 4.78 is 31.0. The van der Waals surface area contributed by atoms with E-state index in [2.05, 4.69) is 67.7 Å². The molecule has 1 saturated heterocycles. The van der Waals surface area contributed by atoms with Crippen molar-refractivity contribution in [3.05, 3.63) is 29.8 Å². The Labute approximate surface area is 277 Å². The molecular formula is C36H66O7Si2. The van der Waals surface area contributed by atoms with Crippen molar-refractivity contribution in [1.29, 1.82) is 0 Å². The van der Waals surface area contributed by atoms with Gasteiger partial charge < -0.3 is 28.2 Å². The highest BCUT2D eigenvalue weighted by Gasteiger charge is 2.41. The summed E-state index contributed by atoms with van der Waals surface area (Å²) >= 11 is 0.